The summed E-state index contributed by atoms with van der Waals surface area (Å²) in [6, 6.07) is 3.55. The molecule has 1 aliphatic rings. The van der Waals surface area contributed by atoms with Crippen molar-refractivity contribution >= 4 is 50.7 Å². The lowest BCUT2D eigenvalue weighted by Crippen LogP contribution is -2.23. The minimum Gasteiger partial charge on any atom is -0.493 e. The Hall–Kier alpha value is -1.80. The summed E-state index contributed by atoms with van der Waals surface area (Å²) in [7, 11) is 3.08. The zero-order chi connectivity index (χ0) is 16.3. The Balaban J connectivity index is 2.29. The third-order valence-corrected chi connectivity index (χ3v) is 4.15. The van der Waals surface area contributed by atoms with Crippen LogP contribution in [-0.2, 0) is 9.59 Å². The summed E-state index contributed by atoms with van der Waals surface area (Å²) in [5.41, 5.74) is 0.750. The van der Waals surface area contributed by atoms with Crippen LogP contribution in [0.4, 0.5) is 0 Å². The Bertz CT molecular complexity index is 700. The topological polar surface area (TPSA) is 77.0 Å². The lowest BCUT2D eigenvalue weighted by Gasteiger charge is -2.10. The normalized spacial score (nSPS) is 15.7. The van der Waals surface area contributed by atoms with Gasteiger partial charge in [0.25, 0.3) is 5.91 Å². The Morgan fingerprint density at radius 1 is 1.36 bits per heavy atom. The van der Waals surface area contributed by atoms with Crippen LogP contribution in [0.2, 0.25) is 0 Å². The molecular formula is C14H13BrN2O4S. The van der Waals surface area contributed by atoms with E-state index in [1.807, 2.05) is 0 Å². The average molecular weight is 385 g/mol. The van der Waals surface area contributed by atoms with Crippen LogP contribution in [0.25, 0.3) is 6.08 Å². The maximum atomic E-state index is 11.8. The summed E-state index contributed by atoms with van der Waals surface area (Å²) in [6.45, 7) is 1.36. The summed E-state index contributed by atoms with van der Waals surface area (Å²) < 4.78 is 11.2. The van der Waals surface area contributed by atoms with Crippen LogP contribution in [0.1, 0.15) is 12.5 Å². The standard InChI is InChI=1S/C14H13BrN2O4S/c1-7(18)16-14-17-13(19)11(22-14)6-8-4-9(15)12(21-3)10(5-8)20-2/h4-6H,1-3H3,(H,16,17,18,19). The number of ether oxygens (including phenoxy) is 2. The van der Waals surface area contributed by atoms with Crippen molar-refractivity contribution in [3.05, 3.63) is 27.1 Å². The molecule has 2 amide bonds. The number of carbonyl (C=O) groups excluding carboxylic acids is 2. The van der Waals surface area contributed by atoms with E-state index in [4.69, 9.17) is 9.47 Å². The van der Waals surface area contributed by atoms with E-state index < -0.39 is 0 Å². The first-order chi connectivity index (χ1) is 10.4. The van der Waals surface area contributed by atoms with E-state index in [1.165, 1.54) is 14.0 Å². The van der Waals surface area contributed by atoms with Gasteiger partial charge in [0.15, 0.2) is 16.7 Å². The zero-order valence-corrected chi connectivity index (χ0v) is 14.5. The Labute approximate surface area is 140 Å². The predicted molar refractivity (Wildman–Crippen MR) is 89.1 cm³/mol. The van der Waals surface area contributed by atoms with Crippen LogP contribution in [0.3, 0.4) is 0 Å². The number of thioether (sulfide) groups is 1. The number of amides is 2. The minimum absolute atomic E-state index is 0.269. The number of methoxy groups -OCH3 is 2. The van der Waals surface area contributed by atoms with Crippen LogP contribution in [-0.4, -0.2) is 31.2 Å². The Kier molecular flexibility index (Phi) is 5.25. The van der Waals surface area contributed by atoms with E-state index >= 15 is 0 Å². The lowest BCUT2D eigenvalue weighted by molar-refractivity contribution is -0.117. The van der Waals surface area contributed by atoms with E-state index in [-0.39, 0.29) is 17.0 Å². The number of amidine groups is 1. The van der Waals surface area contributed by atoms with Crippen LogP contribution < -0.4 is 14.8 Å². The van der Waals surface area contributed by atoms with Crippen LogP contribution in [0.5, 0.6) is 11.5 Å². The van der Waals surface area contributed by atoms with Crippen molar-refractivity contribution in [3.8, 4) is 11.5 Å². The van der Waals surface area contributed by atoms with Crippen molar-refractivity contribution in [2.24, 2.45) is 4.99 Å². The molecule has 1 aliphatic heterocycles. The molecule has 1 aromatic rings. The fourth-order valence-corrected chi connectivity index (χ4v) is 3.27. The van der Waals surface area contributed by atoms with Crippen molar-refractivity contribution in [1.82, 2.24) is 5.32 Å². The molecule has 1 aromatic carbocycles. The second-order valence-electron chi connectivity index (χ2n) is 4.25. The highest BCUT2D eigenvalue weighted by Crippen LogP contribution is 2.37. The van der Waals surface area contributed by atoms with Gasteiger partial charge < -0.3 is 14.8 Å². The molecule has 0 radical (unpaired) electrons. The predicted octanol–water partition coefficient (Wildman–Crippen LogP) is 2.57. The van der Waals surface area contributed by atoms with E-state index in [9.17, 15) is 9.59 Å². The molecular weight excluding hydrogens is 372 g/mol. The maximum absolute atomic E-state index is 11.8. The fourth-order valence-electron chi connectivity index (χ4n) is 1.79. The number of nitrogens with zero attached hydrogens (tertiary/aromatic N) is 1. The molecule has 0 aliphatic carbocycles. The highest BCUT2D eigenvalue weighted by Gasteiger charge is 2.22. The monoisotopic (exact) mass is 384 g/mol. The third-order valence-electron chi connectivity index (χ3n) is 2.66. The summed E-state index contributed by atoms with van der Waals surface area (Å²) in [6.07, 6.45) is 1.68. The first-order valence-corrected chi connectivity index (χ1v) is 7.77. The van der Waals surface area contributed by atoms with Gasteiger partial charge in [0.1, 0.15) is 0 Å². The summed E-state index contributed by atoms with van der Waals surface area (Å²) in [5.74, 6) is 0.459. The highest BCUT2D eigenvalue weighted by molar-refractivity contribution is 9.10. The van der Waals surface area contributed by atoms with Gasteiger partial charge >= 0.3 is 0 Å². The van der Waals surface area contributed by atoms with Gasteiger partial charge in [-0.05, 0) is 51.5 Å². The molecule has 116 valence electrons. The molecule has 22 heavy (non-hydrogen) atoms. The maximum Gasteiger partial charge on any atom is 0.286 e. The number of halogens is 1. The summed E-state index contributed by atoms with van der Waals surface area (Å²) in [5, 5.41) is 2.78. The van der Waals surface area contributed by atoms with Gasteiger partial charge in [-0.2, -0.15) is 4.99 Å². The molecule has 6 nitrogen and oxygen atoms in total. The number of hydrogen-bond donors (Lipinski definition) is 1. The molecule has 2 rings (SSSR count). The fraction of sp³-hybridized carbons (Fsp3) is 0.214. The van der Waals surface area contributed by atoms with Crippen molar-refractivity contribution in [2.75, 3.05) is 14.2 Å². The SMILES string of the molecule is COc1cc(C=C2SC(NC(C)=O)=NC2=O)cc(Br)c1OC. The molecule has 1 heterocycles. The molecule has 1 N–H and O–H groups in total. The Morgan fingerprint density at radius 3 is 2.68 bits per heavy atom. The second-order valence-corrected chi connectivity index (χ2v) is 6.14. The van der Waals surface area contributed by atoms with E-state index in [0.29, 0.717) is 20.9 Å². The molecule has 0 saturated heterocycles. The summed E-state index contributed by atoms with van der Waals surface area (Å²) >= 11 is 4.51. The number of rotatable bonds is 3. The van der Waals surface area contributed by atoms with Crippen LogP contribution in [0.15, 0.2) is 26.5 Å². The lowest BCUT2D eigenvalue weighted by atomic mass is 10.2. The number of nitrogens with one attached hydrogen (secondary N) is 1. The van der Waals surface area contributed by atoms with Crippen molar-refractivity contribution < 1.29 is 19.1 Å². The van der Waals surface area contributed by atoms with Crippen molar-refractivity contribution in [1.29, 1.82) is 0 Å². The molecule has 0 atom stereocenters. The summed E-state index contributed by atoms with van der Waals surface area (Å²) in [4.78, 5) is 27.0. The van der Waals surface area contributed by atoms with Gasteiger partial charge in [-0.3, -0.25) is 9.59 Å². The molecule has 0 fully saturated rings. The van der Waals surface area contributed by atoms with Gasteiger partial charge in [-0.15, -0.1) is 0 Å². The molecule has 0 spiro atoms. The molecule has 8 heteroatoms. The van der Waals surface area contributed by atoms with Crippen molar-refractivity contribution in [2.45, 2.75) is 6.92 Å². The smallest absolute Gasteiger partial charge is 0.286 e. The van der Waals surface area contributed by atoms with E-state index in [0.717, 1.165) is 17.3 Å². The number of benzene rings is 1. The van der Waals surface area contributed by atoms with Gasteiger partial charge in [-0.1, -0.05) is 0 Å². The molecule has 0 aromatic heterocycles. The average Bonchev–Trinajstić information content (AvgIpc) is 2.77. The number of hydrogen-bond acceptors (Lipinski definition) is 5. The first-order valence-electron chi connectivity index (χ1n) is 6.16. The van der Waals surface area contributed by atoms with Gasteiger partial charge in [-0.25, -0.2) is 0 Å². The largest absolute Gasteiger partial charge is 0.493 e. The van der Waals surface area contributed by atoms with Crippen LogP contribution in [0, 0.1) is 0 Å². The first kappa shape index (κ1) is 16.6. The minimum atomic E-state index is -0.389. The Morgan fingerprint density at radius 2 is 2.09 bits per heavy atom. The zero-order valence-electron chi connectivity index (χ0n) is 12.1. The highest BCUT2D eigenvalue weighted by atomic mass is 79.9. The van der Waals surface area contributed by atoms with E-state index in [2.05, 4.69) is 26.2 Å². The van der Waals surface area contributed by atoms with Gasteiger partial charge in [0, 0.05) is 6.92 Å². The van der Waals surface area contributed by atoms with Crippen molar-refractivity contribution in [3.63, 3.8) is 0 Å². The van der Waals surface area contributed by atoms with Crippen LogP contribution >= 0.6 is 27.7 Å². The number of aliphatic imine (C=N–C) groups is 1. The van der Waals surface area contributed by atoms with Gasteiger partial charge in [0.2, 0.25) is 5.91 Å². The van der Waals surface area contributed by atoms with Gasteiger partial charge in [0.05, 0.1) is 23.6 Å². The third kappa shape index (κ3) is 3.69. The molecule has 0 bridgehead atoms. The second kappa shape index (κ2) is 6.97. The molecule has 0 saturated carbocycles. The number of carbonyl (C=O) groups is 2. The molecule has 0 unspecified atom stereocenters. The quantitative estimate of drug-likeness (QED) is 0.810. The van der Waals surface area contributed by atoms with E-state index in [1.54, 1.807) is 25.3 Å².